The maximum Gasteiger partial charge on any atom is 0.410 e. The van der Waals surface area contributed by atoms with E-state index < -0.39 is 29.0 Å². The molecule has 1 aromatic carbocycles. The number of benzene rings is 1. The molecule has 1 fully saturated rings. The van der Waals surface area contributed by atoms with Crippen molar-refractivity contribution in [3.63, 3.8) is 0 Å². The number of carbonyl (C=O) groups excluding carboxylic acids is 2. The second-order valence-electron chi connectivity index (χ2n) is 6.81. The average Bonchev–Trinajstić information content (AvgIpc) is 2.45. The minimum atomic E-state index is -2.17. The molecule has 1 unspecified atom stereocenters. The van der Waals surface area contributed by atoms with Crippen LogP contribution in [0.15, 0.2) is 24.3 Å². The fourth-order valence-electron chi connectivity index (χ4n) is 2.54. The predicted octanol–water partition coefficient (Wildman–Crippen LogP) is 3.75. The fraction of sp³-hybridized carbons (Fsp3) is 0.529. The Morgan fingerprint density at radius 1 is 1.22 bits per heavy atom. The third kappa shape index (κ3) is 4.27. The molecule has 1 atom stereocenters. The lowest BCUT2D eigenvalue weighted by molar-refractivity contribution is -0.00105. The fourth-order valence-corrected chi connectivity index (χ4v) is 2.54. The largest absolute Gasteiger partial charge is 0.444 e. The van der Waals surface area contributed by atoms with Gasteiger partial charge in [0.05, 0.1) is 6.54 Å². The van der Waals surface area contributed by atoms with Crippen molar-refractivity contribution in [2.24, 2.45) is 0 Å². The molecule has 4 nitrogen and oxygen atoms in total. The molecule has 1 amide bonds. The summed E-state index contributed by atoms with van der Waals surface area (Å²) in [6.07, 6.45) is -0.239. The van der Waals surface area contributed by atoms with Crippen LogP contribution in [-0.4, -0.2) is 41.1 Å². The third-order valence-electron chi connectivity index (χ3n) is 3.61. The lowest BCUT2D eigenvalue weighted by Gasteiger charge is -2.37. The predicted molar refractivity (Wildman–Crippen MR) is 81.6 cm³/mol. The summed E-state index contributed by atoms with van der Waals surface area (Å²) in [6, 6.07) is 4.74. The molecule has 1 aliphatic rings. The van der Waals surface area contributed by atoms with Crippen LogP contribution in [0.5, 0.6) is 0 Å². The van der Waals surface area contributed by atoms with Crippen molar-refractivity contribution in [3.05, 3.63) is 35.6 Å². The molecule has 23 heavy (non-hydrogen) atoms. The molecule has 0 bridgehead atoms. The second kappa shape index (κ2) is 6.26. The molecular formula is C17H21F2NO3. The number of carbonyl (C=O) groups is 2. The van der Waals surface area contributed by atoms with Gasteiger partial charge in [0.25, 0.3) is 0 Å². The van der Waals surface area contributed by atoms with Gasteiger partial charge in [-0.3, -0.25) is 4.79 Å². The normalized spacial score (nSPS) is 21.9. The van der Waals surface area contributed by atoms with Crippen LogP contribution in [0.25, 0.3) is 0 Å². The minimum absolute atomic E-state index is 0.0303. The second-order valence-corrected chi connectivity index (χ2v) is 6.81. The van der Waals surface area contributed by atoms with Crippen molar-refractivity contribution in [2.75, 3.05) is 13.1 Å². The maximum absolute atomic E-state index is 15.1. The van der Waals surface area contributed by atoms with E-state index in [0.29, 0.717) is 13.0 Å². The van der Waals surface area contributed by atoms with Crippen LogP contribution in [0.1, 0.15) is 44.0 Å². The van der Waals surface area contributed by atoms with Crippen molar-refractivity contribution >= 4 is 11.9 Å². The summed E-state index contributed by atoms with van der Waals surface area (Å²) in [5.74, 6) is -1.22. The number of hydrogen-bond acceptors (Lipinski definition) is 3. The molecule has 0 aliphatic carbocycles. The molecular weight excluding hydrogens is 304 g/mol. The number of likely N-dealkylation sites (tertiary alicyclic amines) is 1. The first kappa shape index (κ1) is 17.4. The number of nitrogens with zero attached hydrogens (tertiary/aromatic N) is 1. The van der Waals surface area contributed by atoms with Gasteiger partial charge in [0.2, 0.25) is 5.78 Å². The molecule has 6 heteroatoms. The van der Waals surface area contributed by atoms with Crippen LogP contribution >= 0.6 is 0 Å². The van der Waals surface area contributed by atoms with Gasteiger partial charge in [-0.2, -0.15) is 0 Å². The molecule has 0 spiro atoms. The average molecular weight is 325 g/mol. The Morgan fingerprint density at radius 3 is 2.39 bits per heavy atom. The van der Waals surface area contributed by atoms with Gasteiger partial charge in [0.1, 0.15) is 11.4 Å². The Labute approximate surface area is 134 Å². The van der Waals surface area contributed by atoms with E-state index in [2.05, 4.69) is 0 Å². The third-order valence-corrected chi connectivity index (χ3v) is 3.61. The standard InChI is InChI=1S/C17H21F2NO3/c1-16(2,3)23-15(22)20-10-4-9-17(19,11-20)14(21)12-5-7-13(18)8-6-12/h5-8H,4,9-11H2,1-3H3. The number of alkyl halides is 1. The lowest BCUT2D eigenvalue weighted by Crippen LogP contribution is -2.53. The van der Waals surface area contributed by atoms with Gasteiger partial charge in [0.15, 0.2) is 5.67 Å². The van der Waals surface area contributed by atoms with Crippen molar-refractivity contribution < 1.29 is 23.1 Å². The molecule has 1 heterocycles. The number of piperidine rings is 1. The Bertz CT molecular complexity index is 595. The Hall–Kier alpha value is -1.98. The molecule has 0 radical (unpaired) electrons. The van der Waals surface area contributed by atoms with E-state index in [-0.39, 0.29) is 18.5 Å². The lowest BCUT2D eigenvalue weighted by atomic mass is 9.87. The molecule has 0 saturated carbocycles. The van der Waals surface area contributed by atoms with E-state index in [1.54, 1.807) is 20.8 Å². The minimum Gasteiger partial charge on any atom is -0.444 e. The van der Waals surface area contributed by atoms with Crippen LogP contribution in [0.2, 0.25) is 0 Å². The zero-order chi connectivity index (χ0) is 17.3. The molecule has 1 saturated heterocycles. The van der Waals surface area contributed by atoms with Crippen LogP contribution in [0, 0.1) is 5.82 Å². The van der Waals surface area contributed by atoms with E-state index in [4.69, 9.17) is 4.74 Å². The first-order chi connectivity index (χ1) is 10.6. The number of hydrogen-bond donors (Lipinski definition) is 0. The molecule has 1 aliphatic heterocycles. The summed E-state index contributed by atoms with van der Waals surface area (Å²) in [5.41, 5.74) is -2.76. The van der Waals surface area contributed by atoms with Crippen LogP contribution in [-0.2, 0) is 4.74 Å². The zero-order valence-corrected chi connectivity index (χ0v) is 13.6. The van der Waals surface area contributed by atoms with Crippen molar-refractivity contribution in [3.8, 4) is 0 Å². The van der Waals surface area contributed by atoms with Crippen molar-refractivity contribution in [1.82, 2.24) is 4.90 Å². The highest BCUT2D eigenvalue weighted by molar-refractivity contribution is 6.02. The SMILES string of the molecule is CC(C)(C)OC(=O)N1CCCC(F)(C(=O)c2ccc(F)cc2)C1. The van der Waals surface area contributed by atoms with Gasteiger partial charge in [0, 0.05) is 12.1 Å². The first-order valence-corrected chi connectivity index (χ1v) is 7.58. The Morgan fingerprint density at radius 2 is 1.83 bits per heavy atom. The van der Waals surface area contributed by atoms with E-state index >= 15 is 4.39 Å². The number of Topliss-reactive ketones (excluding diaryl/α,β-unsaturated/α-hetero) is 1. The summed E-state index contributed by atoms with van der Waals surface area (Å²) < 4.78 is 33.3. The van der Waals surface area contributed by atoms with Gasteiger partial charge < -0.3 is 9.64 Å². The first-order valence-electron chi connectivity index (χ1n) is 7.58. The number of amides is 1. The Kier molecular flexibility index (Phi) is 4.73. The van der Waals surface area contributed by atoms with Gasteiger partial charge in [-0.05, 0) is 57.9 Å². The van der Waals surface area contributed by atoms with Gasteiger partial charge >= 0.3 is 6.09 Å². The van der Waals surface area contributed by atoms with E-state index in [0.717, 1.165) is 12.1 Å². The molecule has 0 N–H and O–H groups in total. The highest BCUT2D eigenvalue weighted by Crippen LogP contribution is 2.30. The molecule has 126 valence electrons. The van der Waals surface area contributed by atoms with Crippen LogP contribution in [0.3, 0.4) is 0 Å². The molecule has 1 aromatic rings. The van der Waals surface area contributed by atoms with Crippen molar-refractivity contribution in [1.29, 1.82) is 0 Å². The van der Waals surface area contributed by atoms with E-state index in [1.807, 2.05) is 0 Å². The van der Waals surface area contributed by atoms with E-state index in [1.165, 1.54) is 17.0 Å². The quantitative estimate of drug-likeness (QED) is 0.778. The highest BCUT2D eigenvalue weighted by Gasteiger charge is 2.44. The zero-order valence-electron chi connectivity index (χ0n) is 13.6. The monoisotopic (exact) mass is 325 g/mol. The number of rotatable bonds is 2. The summed E-state index contributed by atoms with van der Waals surface area (Å²) >= 11 is 0. The van der Waals surface area contributed by atoms with Gasteiger partial charge in [-0.25, -0.2) is 13.6 Å². The summed E-state index contributed by atoms with van der Waals surface area (Å²) in [6.45, 7) is 5.17. The van der Waals surface area contributed by atoms with E-state index in [9.17, 15) is 14.0 Å². The van der Waals surface area contributed by atoms with Crippen LogP contribution < -0.4 is 0 Å². The van der Waals surface area contributed by atoms with Crippen molar-refractivity contribution in [2.45, 2.75) is 44.9 Å². The molecule has 0 aromatic heterocycles. The number of ketones is 1. The topological polar surface area (TPSA) is 46.6 Å². The number of ether oxygens (including phenoxy) is 1. The molecule has 2 rings (SSSR count). The van der Waals surface area contributed by atoms with Gasteiger partial charge in [-0.15, -0.1) is 0 Å². The number of halogens is 2. The smallest absolute Gasteiger partial charge is 0.410 e. The summed E-state index contributed by atoms with van der Waals surface area (Å²) in [7, 11) is 0. The maximum atomic E-state index is 15.1. The van der Waals surface area contributed by atoms with Gasteiger partial charge in [-0.1, -0.05) is 0 Å². The van der Waals surface area contributed by atoms with Crippen LogP contribution in [0.4, 0.5) is 13.6 Å². The summed E-state index contributed by atoms with van der Waals surface area (Å²) in [4.78, 5) is 25.7. The summed E-state index contributed by atoms with van der Waals surface area (Å²) in [5, 5.41) is 0. The highest BCUT2D eigenvalue weighted by atomic mass is 19.1. The Balaban J connectivity index is 2.13.